The molecule has 1 aliphatic rings. The summed E-state index contributed by atoms with van der Waals surface area (Å²) >= 11 is 0. The van der Waals surface area contributed by atoms with Crippen LogP contribution in [-0.2, 0) is 4.74 Å². The van der Waals surface area contributed by atoms with Gasteiger partial charge in [0.25, 0.3) is 0 Å². The molecule has 0 saturated heterocycles. The fourth-order valence-corrected chi connectivity index (χ4v) is 2.40. The largest absolute Gasteiger partial charge is 0.389 e. The van der Waals surface area contributed by atoms with Crippen molar-refractivity contribution in [3.8, 4) is 0 Å². The maximum Gasteiger partial charge on any atom is 0.126 e. The van der Waals surface area contributed by atoms with Crippen molar-refractivity contribution < 1.29 is 14.2 Å². The van der Waals surface area contributed by atoms with E-state index in [-0.39, 0.29) is 5.82 Å². The van der Waals surface area contributed by atoms with Crippen molar-refractivity contribution in [2.75, 3.05) is 20.3 Å². The average Bonchev–Trinajstić information content (AvgIpc) is 2.29. The molecular formula is C14H20FNO2. The highest BCUT2D eigenvalue weighted by molar-refractivity contribution is 5.24. The van der Waals surface area contributed by atoms with Crippen LogP contribution in [0.1, 0.15) is 24.3 Å². The molecule has 1 aromatic carbocycles. The molecule has 1 fully saturated rings. The van der Waals surface area contributed by atoms with Crippen molar-refractivity contribution in [3.05, 3.63) is 35.6 Å². The quantitative estimate of drug-likeness (QED) is 0.810. The fourth-order valence-electron chi connectivity index (χ4n) is 2.40. The van der Waals surface area contributed by atoms with Gasteiger partial charge in [-0.3, -0.25) is 0 Å². The van der Waals surface area contributed by atoms with Gasteiger partial charge < -0.3 is 15.2 Å². The van der Waals surface area contributed by atoms with Crippen molar-refractivity contribution in [1.29, 1.82) is 0 Å². The van der Waals surface area contributed by atoms with Gasteiger partial charge in [0.1, 0.15) is 5.82 Å². The molecule has 1 atom stereocenters. The van der Waals surface area contributed by atoms with Crippen molar-refractivity contribution in [3.63, 3.8) is 0 Å². The van der Waals surface area contributed by atoms with Crippen LogP contribution in [0, 0.1) is 5.82 Å². The first-order valence-corrected chi connectivity index (χ1v) is 6.35. The maximum atomic E-state index is 13.5. The van der Waals surface area contributed by atoms with Crippen LogP contribution < -0.4 is 5.32 Å². The summed E-state index contributed by atoms with van der Waals surface area (Å²) < 4.78 is 18.4. The Bertz CT molecular complexity index is 380. The van der Waals surface area contributed by atoms with E-state index in [2.05, 4.69) is 5.32 Å². The van der Waals surface area contributed by atoms with E-state index in [9.17, 15) is 9.50 Å². The average molecular weight is 253 g/mol. The molecule has 0 bridgehead atoms. The zero-order valence-electron chi connectivity index (χ0n) is 10.6. The van der Waals surface area contributed by atoms with Gasteiger partial charge in [0.05, 0.1) is 12.7 Å². The summed E-state index contributed by atoms with van der Waals surface area (Å²) in [7, 11) is 1.57. The van der Waals surface area contributed by atoms with Gasteiger partial charge >= 0.3 is 0 Å². The fraction of sp³-hybridized carbons (Fsp3) is 0.571. The lowest BCUT2D eigenvalue weighted by Crippen LogP contribution is -2.44. The van der Waals surface area contributed by atoms with Crippen LogP contribution >= 0.6 is 0 Å². The zero-order valence-corrected chi connectivity index (χ0v) is 10.6. The Hall–Kier alpha value is -0.970. The number of nitrogens with one attached hydrogen (secondary N) is 1. The number of hydrogen-bond acceptors (Lipinski definition) is 3. The molecule has 3 nitrogen and oxygen atoms in total. The Balaban J connectivity index is 1.73. The molecule has 0 aromatic heterocycles. The summed E-state index contributed by atoms with van der Waals surface area (Å²) in [5.74, 6) is 0.198. The van der Waals surface area contributed by atoms with Crippen LogP contribution in [0.5, 0.6) is 0 Å². The van der Waals surface area contributed by atoms with E-state index in [1.165, 1.54) is 6.07 Å². The van der Waals surface area contributed by atoms with E-state index in [1.807, 2.05) is 12.1 Å². The number of halogens is 1. The Morgan fingerprint density at radius 1 is 1.44 bits per heavy atom. The van der Waals surface area contributed by atoms with Gasteiger partial charge in [0.15, 0.2) is 0 Å². The lowest BCUT2D eigenvalue weighted by atomic mass is 9.75. The van der Waals surface area contributed by atoms with Crippen LogP contribution in [0.15, 0.2) is 24.3 Å². The first kappa shape index (κ1) is 13.5. The Kier molecular flexibility index (Phi) is 4.69. The van der Waals surface area contributed by atoms with Crippen molar-refractivity contribution in [2.24, 2.45) is 0 Å². The number of benzene rings is 1. The first-order valence-electron chi connectivity index (χ1n) is 6.35. The van der Waals surface area contributed by atoms with Crippen LogP contribution in [0.2, 0.25) is 0 Å². The third-order valence-electron chi connectivity index (χ3n) is 3.48. The minimum atomic E-state index is -0.470. The van der Waals surface area contributed by atoms with E-state index >= 15 is 0 Å². The minimum absolute atomic E-state index is 0.111. The summed E-state index contributed by atoms with van der Waals surface area (Å²) in [6, 6.07) is 7.34. The molecule has 18 heavy (non-hydrogen) atoms. The van der Waals surface area contributed by atoms with Crippen LogP contribution in [-0.4, -0.2) is 37.5 Å². The molecule has 0 heterocycles. The SMILES string of the molecule is COC[C@@H](O)CNC1CC(c2ccccc2F)C1. The molecular weight excluding hydrogens is 233 g/mol. The third kappa shape index (κ3) is 3.28. The number of hydrogen-bond donors (Lipinski definition) is 2. The number of aliphatic hydroxyl groups is 1. The number of rotatable bonds is 6. The van der Waals surface area contributed by atoms with Gasteiger partial charge in [-0.25, -0.2) is 4.39 Å². The van der Waals surface area contributed by atoms with Crippen molar-refractivity contribution >= 4 is 0 Å². The summed E-state index contributed by atoms with van der Waals surface area (Å²) in [6.07, 6.45) is 1.39. The summed E-state index contributed by atoms with van der Waals surface area (Å²) in [6.45, 7) is 0.874. The molecule has 100 valence electrons. The Labute approximate surface area is 107 Å². The monoisotopic (exact) mass is 253 g/mol. The van der Waals surface area contributed by atoms with Gasteiger partial charge in [0, 0.05) is 19.7 Å². The number of aliphatic hydroxyl groups excluding tert-OH is 1. The topological polar surface area (TPSA) is 41.5 Å². The Morgan fingerprint density at radius 2 is 2.17 bits per heavy atom. The summed E-state index contributed by atoms with van der Waals surface area (Å²) in [5, 5.41) is 12.8. The molecule has 2 N–H and O–H groups in total. The molecule has 1 aromatic rings. The molecule has 2 rings (SSSR count). The smallest absolute Gasteiger partial charge is 0.126 e. The number of ether oxygens (including phenoxy) is 1. The molecule has 1 saturated carbocycles. The molecule has 0 spiro atoms. The lowest BCUT2D eigenvalue weighted by Gasteiger charge is -2.37. The predicted molar refractivity (Wildman–Crippen MR) is 68.0 cm³/mol. The molecule has 0 amide bonds. The van der Waals surface area contributed by atoms with Gasteiger partial charge in [-0.05, 0) is 30.4 Å². The van der Waals surface area contributed by atoms with Crippen molar-refractivity contribution in [1.82, 2.24) is 5.32 Å². The second-order valence-electron chi connectivity index (χ2n) is 4.90. The highest BCUT2D eigenvalue weighted by Gasteiger charge is 2.31. The summed E-state index contributed by atoms with van der Waals surface area (Å²) in [4.78, 5) is 0. The normalized spacial score (nSPS) is 24.6. The Morgan fingerprint density at radius 3 is 2.83 bits per heavy atom. The minimum Gasteiger partial charge on any atom is -0.389 e. The molecule has 0 radical (unpaired) electrons. The molecule has 1 aliphatic carbocycles. The highest BCUT2D eigenvalue weighted by Crippen LogP contribution is 2.37. The first-order chi connectivity index (χ1) is 8.70. The third-order valence-corrected chi connectivity index (χ3v) is 3.48. The van der Waals surface area contributed by atoms with E-state index in [0.717, 1.165) is 18.4 Å². The second-order valence-corrected chi connectivity index (χ2v) is 4.90. The zero-order chi connectivity index (χ0) is 13.0. The van der Waals surface area contributed by atoms with Gasteiger partial charge in [-0.15, -0.1) is 0 Å². The van der Waals surface area contributed by atoms with E-state index in [4.69, 9.17) is 4.74 Å². The van der Waals surface area contributed by atoms with Crippen LogP contribution in [0.3, 0.4) is 0 Å². The highest BCUT2D eigenvalue weighted by atomic mass is 19.1. The number of methoxy groups -OCH3 is 1. The second kappa shape index (κ2) is 6.27. The maximum absolute atomic E-state index is 13.5. The van der Waals surface area contributed by atoms with Gasteiger partial charge in [-0.2, -0.15) is 0 Å². The lowest BCUT2D eigenvalue weighted by molar-refractivity contribution is 0.0596. The van der Waals surface area contributed by atoms with Gasteiger partial charge in [-0.1, -0.05) is 18.2 Å². The van der Waals surface area contributed by atoms with E-state index in [0.29, 0.717) is 25.1 Å². The molecule has 0 aliphatic heterocycles. The standard InChI is InChI=1S/C14H20FNO2/c1-18-9-12(17)8-16-11-6-10(7-11)13-4-2-3-5-14(13)15/h2-5,10-12,16-17H,6-9H2,1H3/t10?,11?,12-/m0/s1. The van der Waals surface area contributed by atoms with E-state index in [1.54, 1.807) is 13.2 Å². The van der Waals surface area contributed by atoms with E-state index < -0.39 is 6.10 Å². The van der Waals surface area contributed by atoms with Crippen LogP contribution in [0.25, 0.3) is 0 Å². The van der Waals surface area contributed by atoms with Crippen LogP contribution in [0.4, 0.5) is 4.39 Å². The summed E-state index contributed by atoms with van der Waals surface area (Å²) in [5.41, 5.74) is 0.813. The molecule has 0 unspecified atom stereocenters. The predicted octanol–water partition coefficient (Wildman–Crippen LogP) is 1.67. The van der Waals surface area contributed by atoms with Gasteiger partial charge in [0.2, 0.25) is 0 Å². The van der Waals surface area contributed by atoms with Crippen molar-refractivity contribution in [2.45, 2.75) is 30.9 Å². The molecule has 4 heteroatoms.